The summed E-state index contributed by atoms with van der Waals surface area (Å²) in [5, 5.41) is 6.73. The Balaban J connectivity index is 1.62. The summed E-state index contributed by atoms with van der Waals surface area (Å²) in [4.78, 5) is 16.4. The number of benzene rings is 1. The molecule has 118 valence electrons. The third-order valence-electron chi connectivity index (χ3n) is 3.42. The van der Waals surface area contributed by atoms with E-state index in [1.165, 1.54) is 0 Å². The highest BCUT2D eigenvalue weighted by atomic mass is 79.9. The smallest absolute Gasteiger partial charge is 0.246 e. The third kappa shape index (κ3) is 3.68. The molecule has 0 fully saturated rings. The zero-order valence-electron chi connectivity index (χ0n) is 12.4. The van der Waals surface area contributed by atoms with E-state index < -0.39 is 0 Å². The highest BCUT2D eigenvalue weighted by Crippen LogP contribution is 2.20. The van der Waals surface area contributed by atoms with Crippen LogP contribution in [0.3, 0.4) is 0 Å². The Morgan fingerprint density at radius 1 is 1.35 bits per heavy atom. The van der Waals surface area contributed by atoms with Crippen LogP contribution in [0.1, 0.15) is 18.9 Å². The van der Waals surface area contributed by atoms with Gasteiger partial charge in [0.2, 0.25) is 17.6 Å². The average Bonchev–Trinajstić information content (AvgIpc) is 3.23. The van der Waals surface area contributed by atoms with E-state index in [4.69, 9.17) is 4.52 Å². The minimum Gasteiger partial charge on any atom is -0.345 e. The summed E-state index contributed by atoms with van der Waals surface area (Å²) in [6.07, 6.45) is 3.70. The predicted molar refractivity (Wildman–Crippen MR) is 88.4 cm³/mol. The highest BCUT2D eigenvalue weighted by Gasteiger charge is 2.15. The van der Waals surface area contributed by atoms with Gasteiger partial charge in [0, 0.05) is 22.4 Å². The number of hydrogen-bond donors (Lipinski definition) is 1. The summed E-state index contributed by atoms with van der Waals surface area (Å²) < 4.78 is 7.95. The molecule has 23 heavy (non-hydrogen) atoms. The Hall–Kier alpha value is -2.41. The van der Waals surface area contributed by atoms with E-state index in [9.17, 15) is 4.79 Å². The minimum absolute atomic E-state index is 0.108. The van der Waals surface area contributed by atoms with Crippen molar-refractivity contribution >= 4 is 21.8 Å². The first-order valence-corrected chi connectivity index (χ1v) is 7.91. The molecule has 1 unspecified atom stereocenters. The van der Waals surface area contributed by atoms with Crippen molar-refractivity contribution in [2.75, 3.05) is 0 Å². The number of halogens is 1. The van der Waals surface area contributed by atoms with Crippen molar-refractivity contribution in [1.82, 2.24) is 20.0 Å². The van der Waals surface area contributed by atoms with Gasteiger partial charge in [0.25, 0.3) is 0 Å². The van der Waals surface area contributed by atoms with Gasteiger partial charge in [-0.15, -0.1) is 0 Å². The summed E-state index contributed by atoms with van der Waals surface area (Å²) in [6, 6.07) is 11.1. The van der Waals surface area contributed by atoms with Gasteiger partial charge < -0.3 is 14.4 Å². The molecule has 0 aliphatic rings. The largest absolute Gasteiger partial charge is 0.345 e. The van der Waals surface area contributed by atoms with E-state index >= 15 is 0 Å². The van der Waals surface area contributed by atoms with Gasteiger partial charge in [-0.3, -0.25) is 4.79 Å². The Morgan fingerprint density at radius 2 is 2.13 bits per heavy atom. The van der Waals surface area contributed by atoms with Crippen molar-refractivity contribution in [1.29, 1.82) is 0 Å². The second-order valence-electron chi connectivity index (χ2n) is 5.05. The van der Waals surface area contributed by atoms with Gasteiger partial charge >= 0.3 is 0 Å². The molecule has 1 N–H and O–H groups in total. The van der Waals surface area contributed by atoms with Crippen molar-refractivity contribution in [2.45, 2.75) is 19.5 Å². The topological polar surface area (TPSA) is 73.0 Å². The molecule has 0 radical (unpaired) electrons. The molecular weight excluding hydrogens is 360 g/mol. The van der Waals surface area contributed by atoms with Crippen LogP contribution in [0.4, 0.5) is 0 Å². The van der Waals surface area contributed by atoms with Crippen LogP contribution in [0.15, 0.2) is 57.8 Å². The molecule has 3 rings (SSSR count). The molecule has 0 bridgehead atoms. The van der Waals surface area contributed by atoms with E-state index in [2.05, 4.69) is 31.4 Å². The van der Waals surface area contributed by atoms with Gasteiger partial charge in [-0.05, 0) is 31.2 Å². The fourth-order valence-electron chi connectivity index (χ4n) is 2.12. The Morgan fingerprint density at radius 3 is 2.87 bits per heavy atom. The molecule has 0 saturated heterocycles. The fraction of sp³-hybridized carbons (Fsp3) is 0.188. The van der Waals surface area contributed by atoms with Crippen LogP contribution >= 0.6 is 15.9 Å². The second kappa shape index (κ2) is 6.78. The lowest BCUT2D eigenvalue weighted by Gasteiger charge is -2.12. The monoisotopic (exact) mass is 374 g/mol. The third-order valence-corrected chi connectivity index (χ3v) is 3.91. The lowest BCUT2D eigenvalue weighted by atomic mass is 10.2. The van der Waals surface area contributed by atoms with Crippen molar-refractivity contribution < 1.29 is 9.32 Å². The van der Waals surface area contributed by atoms with E-state index in [-0.39, 0.29) is 18.5 Å². The molecule has 2 heterocycles. The van der Waals surface area contributed by atoms with Crippen molar-refractivity contribution in [2.24, 2.45) is 0 Å². The van der Waals surface area contributed by atoms with Gasteiger partial charge in [-0.1, -0.05) is 33.2 Å². The highest BCUT2D eigenvalue weighted by molar-refractivity contribution is 9.10. The van der Waals surface area contributed by atoms with Crippen LogP contribution in [0.25, 0.3) is 11.4 Å². The van der Waals surface area contributed by atoms with Gasteiger partial charge in [-0.25, -0.2) is 0 Å². The Labute approximate surface area is 141 Å². The van der Waals surface area contributed by atoms with E-state index in [0.29, 0.717) is 11.7 Å². The second-order valence-corrected chi connectivity index (χ2v) is 5.96. The number of carbonyl (C=O) groups is 1. The number of rotatable bonds is 5. The summed E-state index contributed by atoms with van der Waals surface area (Å²) in [7, 11) is 0. The summed E-state index contributed by atoms with van der Waals surface area (Å²) >= 11 is 3.41. The summed E-state index contributed by atoms with van der Waals surface area (Å²) in [5.74, 6) is 0.755. The molecule has 0 aliphatic carbocycles. The number of carbonyl (C=O) groups excluding carboxylic acids is 1. The molecule has 0 aliphatic heterocycles. The number of nitrogens with zero attached hydrogens (tertiary/aromatic N) is 3. The standard InChI is InChI=1S/C16H15BrN4O2/c1-11(21-7-2-3-8-21)16(22)18-10-14-19-15(20-23-14)12-5-4-6-13(17)9-12/h2-9,11H,10H2,1H3,(H,18,22). The molecular formula is C16H15BrN4O2. The first-order valence-electron chi connectivity index (χ1n) is 7.12. The van der Waals surface area contributed by atoms with E-state index in [0.717, 1.165) is 10.0 Å². The van der Waals surface area contributed by atoms with Crippen molar-refractivity contribution in [3.05, 3.63) is 59.2 Å². The summed E-state index contributed by atoms with van der Waals surface area (Å²) in [5.41, 5.74) is 0.849. The number of amides is 1. The molecule has 3 aromatic rings. The normalized spacial score (nSPS) is 12.1. The maximum Gasteiger partial charge on any atom is 0.246 e. The van der Waals surface area contributed by atoms with Gasteiger partial charge in [-0.2, -0.15) is 4.98 Å². The zero-order chi connectivity index (χ0) is 16.2. The molecule has 0 saturated carbocycles. The molecule has 1 amide bonds. The SMILES string of the molecule is CC(C(=O)NCc1nc(-c2cccc(Br)c2)no1)n1cccc1. The Kier molecular flexibility index (Phi) is 4.57. The molecule has 1 aromatic carbocycles. The van der Waals surface area contributed by atoms with E-state index in [1.54, 1.807) is 0 Å². The molecule has 6 nitrogen and oxygen atoms in total. The van der Waals surface area contributed by atoms with Crippen LogP contribution in [-0.4, -0.2) is 20.6 Å². The lowest BCUT2D eigenvalue weighted by Crippen LogP contribution is -2.30. The first kappa shape index (κ1) is 15.5. The van der Waals surface area contributed by atoms with Crippen molar-refractivity contribution in [3.8, 4) is 11.4 Å². The van der Waals surface area contributed by atoms with Crippen LogP contribution < -0.4 is 5.32 Å². The van der Waals surface area contributed by atoms with Crippen LogP contribution in [0.5, 0.6) is 0 Å². The first-order chi connectivity index (χ1) is 11.1. The van der Waals surface area contributed by atoms with Crippen molar-refractivity contribution in [3.63, 3.8) is 0 Å². The molecule has 0 spiro atoms. The fourth-order valence-corrected chi connectivity index (χ4v) is 2.52. The number of hydrogen-bond acceptors (Lipinski definition) is 4. The molecule has 2 aromatic heterocycles. The predicted octanol–water partition coefficient (Wildman–Crippen LogP) is 3.18. The van der Waals surface area contributed by atoms with Crippen LogP contribution in [0, 0.1) is 0 Å². The van der Waals surface area contributed by atoms with Gasteiger partial charge in [0.05, 0.1) is 6.54 Å². The average molecular weight is 375 g/mol. The Bertz CT molecular complexity index is 798. The van der Waals surface area contributed by atoms with Crippen LogP contribution in [-0.2, 0) is 11.3 Å². The maximum atomic E-state index is 12.1. The van der Waals surface area contributed by atoms with E-state index in [1.807, 2.05) is 60.3 Å². The quantitative estimate of drug-likeness (QED) is 0.744. The zero-order valence-corrected chi connectivity index (χ0v) is 14.0. The summed E-state index contributed by atoms with van der Waals surface area (Å²) in [6.45, 7) is 2.03. The van der Waals surface area contributed by atoms with Gasteiger partial charge in [0.15, 0.2) is 0 Å². The number of aromatic nitrogens is 3. The van der Waals surface area contributed by atoms with Gasteiger partial charge in [0.1, 0.15) is 6.04 Å². The lowest BCUT2D eigenvalue weighted by molar-refractivity contribution is -0.124. The minimum atomic E-state index is -0.294. The van der Waals surface area contributed by atoms with Crippen LogP contribution in [0.2, 0.25) is 0 Å². The molecule has 1 atom stereocenters. The maximum absolute atomic E-state index is 12.1. The number of nitrogens with one attached hydrogen (secondary N) is 1. The molecule has 7 heteroatoms.